The lowest BCUT2D eigenvalue weighted by Crippen LogP contribution is -2.66. The first-order chi connectivity index (χ1) is 43.3. The van der Waals surface area contributed by atoms with Crippen molar-refractivity contribution in [2.75, 3.05) is 26.4 Å². The number of aliphatic hydroxyl groups excluding tert-OH is 11. The molecular weight excluding hydrogens is 1140 g/mol. The minimum Gasteiger partial charge on any atom is -0.394 e. The van der Waals surface area contributed by atoms with Crippen LogP contribution in [0.25, 0.3) is 0 Å². The lowest BCUT2D eigenvalue weighted by atomic mass is 9.96. The highest BCUT2D eigenvalue weighted by atomic mass is 16.8. The predicted molar refractivity (Wildman–Crippen MR) is 346 cm³/mol. The molecule has 0 aliphatic carbocycles. The third-order valence-corrected chi connectivity index (χ3v) is 16.4. The fourth-order valence-electron chi connectivity index (χ4n) is 10.9. The Morgan fingerprint density at radius 1 is 0.416 bits per heavy atom. The van der Waals surface area contributed by atoms with Crippen LogP contribution in [0.1, 0.15) is 206 Å². The Labute approximate surface area is 533 Å². The van der Waals surface area contributed by atoms with Crippen LogP contribution in [0.3, 0.4) is 0 Å². The van der Waals surface area contributed by atoms with E-state index in [4.69, 9.17) is 28.4 Å². The van der Waals surface area contributed by atoms with Crippen molar-refractivity contribution in [1.82, 2.24) is 5.32 Å². The van der Waals surface area contributed by atoms with E-state index >= 15 is 0 Å². The molecule has 512 valence electrons. The SMILES string of the molecule is CC/C=C\C/C=C\C/C=C\C/C=C\C/C=C\C/C=C\C/C=C\CCCCCCCCCCCCCCCC(=O)NC(COC1OC(CO)C(OC2OC(CO)C(OC3OC(CO)C(O)C(O)C3O)C(O)C2O)C(O)C1O)C(O)/C=C/CCCCCCCCC. The molecule has 12 N–H and O–H groups in total. The number of unbranched alkanes of at least 4 members (excludes halogenated alkanes) is 20. The molecule has 0 aromatic rings. The molecule has 0 saturated carbocycles. The normalized spacial score (nSPS) is 28.8. The molecule has 0 radical (unpaired) electrons. The summed E-state index contributed by atoms with van der Waals surface area (Å²) in [6, 6.07) is -0.976. The summed E-state index contributed by atoms with van der Waals surface area (Å²) in [5, 5.41) is 120. The lowest BCUT2D eigenvalue weighted by Gasteiger charge is -2.48. The Hall–Kier alpha value is -3.29. The number of allylic oxidation sites excluding steroid dienone is 15. The molecule has 89 heavy (non-hydrogen) atoms. The zero-order chi connectivity index (χ0) is 64.7. The summed E-state index contributed by atoms with van der Waals surface area (Å²) >= 11 is 0. The highest BCUT2D eigenvalue weighted by Gasteiger charge is 2.53. The van der Waals surface area contributed by atoms with Gasteiger partial charge in [0.05, 0.1) is 38.6 Å². The van der Waals surface area contributed by atoms with Crippen LogP contribution in [0, 0.1) is 0 Å². The molecule has 17 atom stereocenters. The fourth-order valence-corrected chi connectivity index (χ4v) is 10.9. The number of amides is 1. The predicted octanol–water partition coefficient (Wildman–Crippen LogP) is 8.49. The number of aliphatic hydroxyl groups is 11. The zero-order valence-electron chi connectivity index (χ0n) is 53.9. The van der Waals surface area contributed by atoms with Gasteiger partial charge in [-0.3, -0.25) is 4.79 Å². The molecule has 3 fully saturated rings. The molecule has 3 rings (SSSR count). The minimum atomic E-state index is -1.98. The molecule has 19 nitrogen and oxygen atoms in total. The molecule has 17 unspecified atom stereocenters. The molecule has 3 aliphatic rings. The van der Waals surface area contributed by atoms with E-state index in [0.717, 1.165) is 103 Å². The highest BCUT2D eigenvalue weighted by molar-refractivity contribution is 5.76. The van der Waals surface area contributed by atoms with Gasteiger partial charge in [0.1, 0.15) is 73.2 Å². The number of hydrogen-bond acceptors (Lipinski definition) is 18. The largest absolute Gasteiger partial charge is 0.394 e. The molecule has 3 heterocycles. The van der Waals surface area contributed by atoms with Gasteiger partial charge in [0.25, 0.3) is 0 Å². The Balaban J connectivity index is 1.33. The quantitative estimate of drug-likeness (QED) is 0.0201. The second-order valence-corrected chi connectivity index (χ2v) is 23.9. The maximum Gasteiger partial charge on any atom is 0.220 e. The Morgan fingerprint density at radius 2 is 0.775 bits per heavy atom. The smallest absolute Gasteiger partial charge is 0.220 e. The summed E-state index contributed by atoms with van der Waals surface area (Å²) < 4.78 is 34.2. The van der Waals surface area contributed by atoms with E-state index in [1.54, 1.807) is 6.08 Å². The van der Waals surface area contributed by atoms with E-state index in [2.05, 4.69) is 104 Å². The minimum absolute atomic E-state index is 0.236. The van der Waals surface area contributed by atoms with Gasteiger partial charge in [-0.05, 0) is 77.0 Å². The van der Waals surface area contributed by atoms with Crippen LogP contribution in [0.2, 0.25) is 0 Å². The third-order valence-electron chi connectivity index (χ3n) is 16.4. The molecule has 0 bridgehead atoms. The number of ether oxygens (including phenoxy) is 6. The summed E-state index contributed by atoms with van der Waals surface area (Å²) in [7, 11) is 0. The van der Waals surface area contributed by atoms with Crippen LogP contribution in [0.4, 0.5) is 0 Å². The monoisotopic (exact) mass is 1260 g/mol. The molecule has 3 aliphatic heterocycles. The van der Waals surface area contributed by atoms with E-state index in [-0.39, 0.29) is 18.9 Å². The van der Waals surface area contributed by atoms with Crippen LogP contribution in [-0.2, 0) is 33.2 Å². The molecule has 3 saturated heterocycles. The topological polar surface area (TPSA) is 307 Å². The number of rotatable bonds is 50. The molecule has 0 aromatic heterocycles. The van der Waals surface area contributed by atoms with Gasteiger partial charge in [-0.25, -0.2) is 0 Å². The van der Waals surface area contributed by atoms with Crippen molar-refractivity contribution in [2.24, 2.45) is 0 Å². The van der Waals surface area contributed by atoms with E-state index in [1.165, 1.54) is 77.0 Å². The average molecular weight is 1260 g/mol. The summed E-state index contributed by atoms with van der Waals surface area (Å²) in [6.45, 7) is 1.55. The Bertz CT molecular complexity index is 1990. The van der Waals surface area contributed by atoms with Crippen molar-refractivity contribution < 1.29 is 89.4 Å². The maximum absolute atomic E-state index is 13.3. The highest BCUT2D eigenvalue weighted by Crippen LogP contribution is 2.33. The average Bonchev–Trinajstić information content (AvgIpc) is 1.40. The number of hydrogen-bond donors (Lipinski definition) is 12. The zero-order valence-corrected chi connectivity index (χ0v) is 53.9. The van der Waals surface area contributed by atoms with E-state index in [0.29, 0.717) is 6.42 Å². The summed E-state index contributed by atoms with van der Waals surface area (Å²) in [5.74, 6) is -0.284. The molecule has 1 amide bonds. The number of carbonyl (C=O) groups is 1. The van der Waals surface area contributed by atoms with Crippen molar-refractivity contribution >= 4 is 5.91 Å². The van der Waals surface area contributed by atoms with Gasteiger partial charge in [0, 0.05) is 6.42 Å². The van der Waals surface area contributed by atoms with Crippen LogP contribution < -0.4 is 5.32 Å². The molecule has 0 aromatic carbocycles. The van der Waals surface area contributed by atoms with E-state index in [1.807, 2.05) is 6.08 Å². The number of carbonyl (C=O) groups excluding carboxylic acids is 1. The summed E-state index contributed by atoms with van der Waals surface area (Å²) in [6.07, 6.45) is 39.9. The van der Waals surface area contributed by atoms with Crippen LogP contribution in [0.5, 0.6) is 0 Å². The van der Waals surface area contributed by atoms with Crippen molar-refractivity contribution in [3.63, 3.8) is 0 Å². The van der Waals surface area contributed by atoms with Crippen LogP contribution >= 0.6 is 0 Å². The first-order valence-electron chi connectivity index (χ1n) is 34.0. The Morgan fingerprint density at radius 3 is 1.21 bits per heavy atom. The fraction of sp³-hybridized carbons (Fsp3) is 0.757. The molecule has 0 spiro atoms. The summed E-state index contributed by atoms with van der Waals surface area (Å²) in [5.41, 5.74) is 0. The van der Waals surface area contributed by atoms with Crippen LogP contribution in [-0.4, -0.2) is 193 Å². The van der Waals surface area contributed by atoms with Gasteiger partial charge in [-0.15, -0.1) is 0 Å². The second kappa shape index (κ2) is 51.2. The van der Waals surface area contributed by atoms with Crippen molar-refractivity contribution in [3.8, 4) is 0 Å². The van der Waals surface area contributed by atoms with Crippen molar-refractivity contribution in [1.29, 1.82) is 0 Å². The number of nitrogens with one attached hydrogen (secondary N) is 1. The standard InChI is InChI=1S/C70H119NO18/c1-3-5-7-9-11-13-14-15-16-17-18-19-20-21-22-23-24-25-26-27-28-29-30-31-32-33-34-35-36-37-38-40-42-44-46-48-58(76)71-53(54(75)47-45-43-41-39-12-10-8-6-4-2)52-84-68-64(82)61(79)66(56(50-73)86-68)89-70-65(83)62(80)67(57(51-74)87-70)88-69-63(81)60(78)59(77)55(49-72)85-69/h5,7,11,13,15-16,18-19,21-22,24-25,27-28,45,47,53-57,59-70,72-75,77-83H,3-4,6,8-10,12,14,17,20,23,26,29-44,46,48-52H2,1-2H3,(H,71,76)/b7-5-,13-11-,16-15-,19-18-,22-21-,25-24-,28-27-,47-45+. The third kappa shape index (κ3) is 33.4. The van der Waals surface area contributed by atoms with Gasteiger partial charge >= 0.3 is 0 Å². The van der Waals surface area contributed by atoms with Gasteiger partial charge in [0.2, 0.25) is 5.91 Å². The molecule has 19 heteroatoms. The Kier molecular flexibility index (Phi) is 46.0. The lowest BCUT2D eigenvalue weighted by molar-refractivity contribution is -0.379. The van der Waals surface area contributed by atoms with Crippen molar-refractivity contribution in [2.45, 2.75) is 311 Å². The second-order valence-electron chi connectivity index (χ2n) is 23.9. The van der Waals surface area contributed by atoms with Crippen LogP contribution in [0.15, 0.2) is 97.2 Å². The first-order valence-corrected chi connectivity index (χ1v) is 34.0. The van der Waals surface area contributed by atoms with E-state index < -0.39 is 124 Å². The molecular formula is C70H119NO18. The van der Waals surface area contributed by atoms with Crippen molar-refractivity contribution in [3.05, 3.63) is 97.2 Å². The van der Waals surface area contributed by atoms with E-state index in [9.17, 15) is 61.0 Å². The van der Waals surface area contributed by atoms with Gasteiger partial charge < -0.3 is 89.9 Å². The van der Waals surface area contributed by atoms with Gasteiger partial charge in [-0.1, -0.05) is 220 Å². The first kappa shape index (κ1) is 79.9. The van der Waals surface area contributed by atoms with Gasteiger partial charge in [0.15, 0.2) is 18.9 Å². The maximum atomic E-state index is 13.3. The summed E-state index contributed by atoms with van der Waals surface area (Å²) in [4.78, 5) is 13.3. The van der Waals surface area contributed by atoms with Gasteiger partial charge in [-0.2, -0.15) is 0 Å².